The van der Waals surface area contributed by atoms with Gasteiger partial charge in [0.05, 0.1) is 22.1 Å². The summed E-state index contributed by atoms with van der Waals surface area (Å²) in [7, 11) is -5.78. The molecule has 0 amide bonds. The maximum atomic E-state index is 14.2. The second-order valence-electron chi connectivity index (χ2n) is 32.4. The molecular formula is C114H78B2BrFN8S2Si2. The molecule has 22 aromatic rings. The number of hydrogen-bond donors (Lipinski definition) is 0. The van der Waals surface area contributed by atoms with Crippen LogP contribution in [0.3, 0.4) is 0 Å². The van der Waals surface area contributed by atoms with Crippen LogP contribution >= 0.6 is 39.5 Å². The maximum Gasteiger partial charge on any atom is 0.415 e. The molecule has 0 spiro atoms. The quantitative estimate of drug-likeness (QED) is 0.0741. The summed E-state index contributed by atoms with van der Waals surface area (Å²) in [5.41, 5.74) is 13.5. The Morgan fingerprint density at radius 2 is 0.485 bits per heavy atom. The molecule has 130 heavy (non-hydrogen) atoms. The van der Waals surface area contributed by atoms with Crippen LogP contribution in [0.2, 0.25) is 0 Å². The van der Waals surface area contributed by atoms with Gasteiger partial charge in [0.1, 0.15) is 0 Å². The van der Waals surface area contributed by atoms with Gasteiger partial charge in [-0.05, 0) is 113 Å². The lowest BCUT2D eigenvalue weighted by Gasteiger charge is -2.35. The van der Waals surface area contributed by atoms with E-state index in [-0.39, 0.29) is 6.71 Å². The summed E-state index contributed by atoms with van der Waals surface area (Å²) in [5, 5.41) is 15.0. The van der Waals surface area contributed by atoms with Gasteiger partial charge >= 0.3 is 6.99 Å². The topological polar surface area (TPSA) is 87.2 Å². The van der Waals surface area contributed by atoms with Gasteiger partial charge in [0.2, 0.25) is 18.6 Å². The standard InChI is InChI=1S/C57H39BN4SSi.C45H31BrN4Si.C12H8BFS/c1-4-19-40(20-5-1)55-59-56(61-57(60-55)62-51-31-14-10-27-47(51)48-28-11-15-32-52(48)62)41-21-18-26-46(39-41)64(43-22-6-2-7-23-43,44-24-8-3-9-25-44)45-37-35-42(36-38-45)58-49-29-12-16-33-53(49)63-54-34-17-13-30-50(54)58;46-34-27-29-37(30-28-34)51(35-18-6-2-7-19-35,36-20-8-3-9-21-36)38-22-14-17-33(31-38)44-47-43(32-15-4-1-5-16-32)48-45(49-44)50-41-25-12-10-23-39(41)40-24-11-13-26-42(40)50;14-13-9-5-1-3-7-11(9)15-12-8-4-2-6-10(12)13/h1-39H;1-31H;1-8H. The Labute approximate surface area is 773 Å². The Morgan fingerprint density at radius 1 is 0.231 bits per heavy atom. The minimum Gasteiger partial charge on any atom is -0.322 e. The van der Waals surface area contributed by atoms with Crippen LogP contribution in [0.25, 0.3) is 101 Å². The van der Waals surface area contributed by atoms with Crippen molar-refractivity contribution in [2.24, 2.45) is 0 Å². The van der Waals surface area contributed by atoms with E-state index in [1.165, 1.54) is 67.7 Å². The first kappa shape index (κ1) is 81.0. The monoisotopic (exact) mass is 1800 g/mol. The van der Waals surface area contributed by atoms with Gasteiger partial charge in [0.15, 0.2) is 39.4 Å². The van der Waals surface area contributed by atoms with E-state index in [2.05, 4.69) is 413 Å². The average molecular weight is 1800 g/mol. The summed E-state index contributed by atoms with van der Waals surface area (Å²) in [5.74, 6) is 3.68. The summed E-state index contributed by atoms with van der Waals surface area (Å²) in [4.78, 5) is 36.1. The second kappa shape index (κ2) is 35.5. The predicted octanol–water partition coefficient (Wildman–Crippen LogP) is 19.3. The molecule has 18 aromatic carbocycles. The molecule has 8 nitrogen and oxygen atoms in total. The van der Waals surface area contributed by atoms with Gasteiger partial charge in [-0.3, -0.25) is 9.13 Å². The number of nitrogens with zero attached hydrogens (tertiary/aromatic N) is 8. The molecule has 0 bridgehead atoms. The number of benzene rings is 18. The van der Waals surface area contributed by atoms with Crippen molar-refractivity contribution in [3.8, 4) is 57.4 Å². The molecular weight excluding hydrogens is 1720 g/mol. The molecule has 0 N–H and O–H groups in total. The van der Waals surface area contributed by atoms with E-state index in [0.29, 0.717) is 35.2 Å². The predicted molar refractivity (Wildman–Crippen MR) is 550 cm³/mol. The van der Waals surface area contributed by atoms with Gasteiger partial charge in [-0.15, -0.1) is 0 Å². The molecule has 0 radical (unpaired) electrons. The Hall–Kier alpha value is -14.7. The lowest BCUT2D eigenvalue weighted by atomic mass is 9.36. The number of aromatic nitrogens is 8. The fourth-order valence-electron chi connectivity index (χ4n) is 19.2. The summed E-state index contributed by atoms with van der Waals surface area (Å²) in [6.45, 7) is -0.833. The van der Waals surface area contributed by atoms with Gasteiger partial charge in [-0.25, -0.2) is 9.97 Å². The SMILES string of the molecule is Brc1ccc([Si](c2ccccc2)(c2ccccc2)c2cccc(-c3nc(-c4ccccc4)nc(-n4c5ccccc5c5ccccc54)n3)c2)cc1.FB1c2ccccc2Sc2ccccc21.c1ccc(-c2nc(-c3cccc([Si](c4ccccc4)(c4ccccc4)c4ccc(B5c6ccccc6Sc6ccccc65)cc4)c3)nc(-n3c4ccccc4c4ccccc43)n2)cc1. The summed E-state index contributed by atoms with van der Waals surface area (Å²) < 4.78 is 19.6. The van der Waals surface area contributed by atoms with Crippen molar-refractivity contribution in [2.75, 3.05) is 0 Å². The smallest absolute Gasteiger partial charge is 0.322 e. The van der Waals surface area contributed by atoms with Gasteiger partial charge in [0, 0.05) is 67.9 Å². The van der Waals surface area contributed by atoms with Gasteiger partial charge in [-0.2, -0.15) is 19.9 Å². The molecule has 0 saturated heterocycles. The number of hydrogen-bond acceptors (Lipinski definition) is 8. The van der Waals surface area contributed by atoms with Crippen molar-refractivity contribution in [2.45, 2.75) is 19.6 Å². The highest BCUT2D eigenvalue weighted by Crippen LogP contribution is 2.37. The summed E-state index contributed by atoms with van der Waals surface area (Å²) in [6.07, 6.45) is 0. The first-order chi connectivity index (χ1) is 64.3. The van der Waals surface area contributed by atoms with Crippen LogP contribution in [0.1, 0.15) is 0 Å². The van der Waals surface area contributed by atoms with E-state index < -0.39 is 23.1 Å². The third-order valence-electron chi connectivity index (χ3n) is 25.0. The highest BCUT2D eigenvalue weighted by atomic mass is 79.9. The summed E-state index contributed by atoms with van der Waals surface area (Å²) >= 11 is 7.21. The van der Waals surface area contributed by atoms with Crippen molar-refractivity contribution >= 4 is 182 Å². The van der Waals surface area contributed by atoms with Gasteiger partial charge < -0.3 is 4.32 Å². The first-order valence-corrected chi connectivity index (χ1v) is 50.0. The molecule has 24 rings (SSSR count). The van der Waals surface area contributed by atoms with Crippen LogP contribution in [0.5, 0.6) is 0 Å². The average Bonchev–Trinajstić information content (AvgIpc) is 1.28. The first-order valence-electron chi connectivity index (χ1n) is 43.6. The van der Waals surface area contributed by atoms with Crippen LogP contribution in [0.15, 0.2) is 497 Å². The minimum absolute atomic E-state index is 0.141. The molecule has 0 unspecified atom stereocenters. The molecule has 0 fully saturated rings. The maximum absolute atomic E-state index is 14.2. The van der Waals surface area contributed by atoms with Crippen molar-refractivity contribution in [1.29, 1.82) is 0 Å². The Morgan fingerprint density at radius 3 is 0.831 bits per heavy atom. The lowest BCUT2D eigenvalue weighted by Crippen LogP contribution is -2.75. The van der Waals surface area contributed by atoms with E-state index in [0.717, 1.165) is 91.1 Å². The number of rotatable bonds is 15. The van der Waals surface area contributed by atoms with Crippen LogP contribution in [-0.4, -0.2) is 68.9 Å². The Balaban J connectivity index is 0.000000133. The van der Waals surface area contributed by atoms with Crippen LogP contribution in [-0.2, 0) is 0 Å². The molecule has 0 atom stereocenters. The zero-order valence-electron chi connectivity index (χ0n) is 70.3. The second-order valence-corrected chi connectivity index (χ2v) is 43.1. The van der Waals surface area contributed by atoms with E-state index >= 15 is 0 Å². The Bertz CT molecular complexity index is 7650. The van der Waals surface area contributed by atoms with Crippen molar-refractivity contribution in [3.05, 3.63) is 478 Å². The van der Waals surface area contributed by atoms with Crippen molar-refractivity contribution in [1.82, 2.24) is 39.0 Å². The molecule has 0 aliphatic carbocycles. The third-order valence-corrected chi connectivity index (χ3v) is 37.5. The number of halogens is 2. The molecule has 16 heteroatoms. The van der Waals surface area contributed by atoms with E-state index in [4.69, 9.17) is 29.9 Å². The Kier molecular flexibility index (Phi) is 22.1. The molecule has 614 valence electrons. The zero-order chi connectivity index (χ0) is 86.9. The van der Waals surface area contributed by atoms with Crippen LogP contribution in [0, 0.1) is 0 Å². The molecule has 6 heterocycles. The zero-order valence-corrected chi connectivity index (χ0v) is 75.6. The highest BCUT2D eigenvalue weighted by Gasteiger charge is 2.44. The van der Waals surface area contributed by atoms with Gasteiger partial charge in [-0.1, -0.05) is 468 Å². The third kappa shape index (κ3) is 14.9. The molecule has 4 aromatic heterocycles. The number of fused-ring (bicyclic) bond motifs is 10. The van der Waals surface area contributed by atoms with E-state index in [1.54, 1.807) is 11.8 Å². The number of para-hydroxylation sites is 4. The molecule has 2 aliphatic rings. The fourth-order valence-corrected chi connectivity index (χ4v) is 31.2. The van der Waals surface area contributed by atoms with Crippen LogP contribution < -0.4 is 68.8 Å². The summed E-state index contributed by atoms with van der Waals surface area (Å²) in [6, 6.07) is 168. The minimum atomic E-state index is -2.98. The molecule has 0 saturated carbocycles. The molecule has 2 aliphatic heterocycles. The van der Waals surface area contributed by atoms with E-state index in [1.807, 2.05) is 96.7 Å². The fraction of sp³-hybridized carbons (Fsp3) is 0. The normalized spacial score (nSPS) is 12.1. The van der Waals surface area contributed by atoms with Crippen molar-refractivity contribution < 1.29 is 4.32 Å². The largest absolute Gasteiger partial charge is 0.415 e. The highest BCUT2D eigenvalue weighted by molar-refractivity contribution is 9.10. The lowest BCUT2D eigenvalue weighted by molar-refractivity contribution is 0.860. The van der Waals surface area contributed by atoms with E-state index in [9.17, 15) is 4.32 Å². The van der Waals surface area contributed by atoms with Crippen molar-refractivity contribution in [3.63, 3.8) is 0 Å². The van der Waals surface area contributed by atoms with Crippen LogP contribution in [0.4, 0.5) is 4.32 Å². The van der Waals surface area contributed by atoms with Gasteiger partial charge in [0.25, 0.3) is 0 Å².